The fraction of sp³-hybridized carbons (Fsp3) is 0.867. The minimum atomic E-state index is -4.41. The molecule has 9 rings (SSSR count). The number of epoxide rings is 1. The number of phenolic OH excluding ortho intramolecular Hbond substituents is 1. The maximum Gasteiger partial charge on any atom is 0.397 e. The van der Waals surface area contributed by atoms with E-state index in [9.17, 15) is 23.2 Å². The zero-order valence-electron chi connectivity index (χ0n) is 33.6. The monoisotopic (exact) mass is 754 g/mol. The van der Waals surface area contributed by atoms with Gasteiger partial charge in [-0.05, 0) is 171 Å². The summed E-state index contributed by atoms with van der Waals surface area (Å²) in [7, 11) is -4.41. The van der Waals surface area contributed by atoms with E-state index in [1.54, 1.807) is 0 Å². The number of phenols is 1. The summed E-state index contributed by atoms with van der Waals surface area (Å²) in [5.41, 5.74) is 3.32. The molecule has 1 aliphatic heterocycles. The van der Waals surface area contributed by atoms with Gasteiger partial charge in [-0.1, -0.05) is 66.9 Å². The Kier molecular flexibility index (Phi) is 10.0. The first kappa shape index (κ1) is 38.7. The zero-order chi connectivity index (χ0) is 37.7. The van der Waals surface area contributed by atoms with Crippen LogP contribution in [0.25, 0.3) is 0 Å². The Morgan fingerprint density at radius 3 is 2.36 bits per heavy atom. The van der Waals surface area contributed by atoms with Crippen LogP contribution in [0.3, 0.4) is 0 Å². The van der Waals surface area contributed by atoms with E-state index in [1.807, 2.05) is 12.1 Å². The first-order chi connectivity index (χ1) is 25.0. The second-order valence-corrected chi connectivity index (χ2v) is 21.9. The fourth-order valence-electron chi connectivity index (χ4n) is 15.5. The lowest BCUT2D eigenvalue weighted by Gasteiger charge is -2.59. The van der Waals surface area contributed by atoms with Gasteiger partial charge in [0.25, 0.3) is 0 Å². The molecular weight excluding hydrogens is 685 g/mol. The lowest BCUT2D eigenvalue weighted by Crippen LogP contribution is -2.59. The van der Waals surface area contributed by atoms with Crippen LogP contribution in [0.2, 0.25) is 0 Å². The first-order valence-electron chi connectivity index (χ1n) is 21.8. The molecule has 0 bridgehead atoms. The Bertz CT molecular complexity index is 1630. The molecule has 3 N–H and O–H groups in total. The van der Waals surface area contributed by atoms with Crippen molar-refractivity contribution < 1.29 is 32.1 Å². The quantitative estimate of drug-likeness (QED) is 0.187. The number of hydrogen-bond donors (Lipinski definition) is 3. The van der Waals surface area contributed by atoms with Gasteiger partial charge in [0.2, 0.25) is 0 Å². The lowest BCUT2D eigenvalue weighted by atomic mass is 9.44. The van der Waals surface area contributed by atoms with Gasteiger partial charge in [0, 0.05) is 11.8 Å². The van der Waals surface area contributed by atoms with Crippen LogP contribution >= 0.6 is 0 Å². The molecular formula is C45H70O7S. The summed E-state index contributed by atoms with van der Waals surface area (Å²) in [4.78, 5) is 0. The Morgan fingerprint density at radius 2 is 1.60 bits per heavy atom. The maximum atomic E-state index is 11.3. The number of aliphatic hydroxyl groups is 1. The Morgan fingerprint density at radius 1 is 0.868 bits per heavy atom. The van der Waals surface area contributed by atoms with Gasteiger partial charge < -0.3 is 14.9 Å². The molecule has 7 nitrogen and oxygen atoms in total. The normalized spacial score (nSPS) is 47.0. The molecule has 1 aromatic carbocycles. The van der Waals surface area contributed by atoms with Gasteiger partial charge in [0.15, 0.2) is 0 Å². The van der Waals surface area contributed by atoms with Gasteiger partial charge in [-0.15, -0.1) is 0 Å². The van der Waals surface area contributed by atoms with E-state index < -0.39 is 16.5 Å². The molecule has 7 fully saturated rings. The van der Waals surface area contributed by atoms with E-state index in [4.69, 9.17) is 8.92 Å². The highest BCUT2D eigenvalue weighted by Crippen LogP contribution is 2.74. The highest BCUT2D eigenvalue weighted by atomic mass is 32.3. The third-order valence-electron chi connectivity index (χ3n) is 18.2. The van der Waals surface area contributed by atoms with E-state index in [1.165, 1.54) is 75.3 Å². The van der Waals surface area contributed by atoms with Crippen molar-refractivity contribution >= 4 is 10.4 Å². The van der Waals surface area contributed by atoms with Crippen LogP contribution in [0.1, 0.15) is 161 Å². The van der Waals surface area contributed by atoms with E-state index in [-0.39, 0.29) is 28.6 Å². The molecule has 8 heteroatoms. The van der Waals surface area contributed by atoms with E-state index >= 15 is 0 Å². The zero-order valence-corrected chi connectivity index (χ0v) is 34.4. The summed E-state index contributed by atoms with van der Waals surface area (Å²) in [6.07, 6.45) is 19.4. The molecule has 8 aliphatic rings. The van der Waals surface area contributed by atoms with Gasteiger partial charge in [0.05, 0.1) is 18.3 Å². The van der Waals surface area contributed by atoms with Gasteiger partial charge in [-0.2, -0.15) is 8.42 Å². The van der Waals surface area contributed by atoms with Crippen LogP contribution in [-0.2, 0) is 25.7 Å². The number of rotatable bonds is 7. The molecule has 7 aliphatic carbocycles. The fourth-order valence-corrected chi connectivity index (χ4v) is 16.0. The number of hydrogen-bond acceptors (Lipinski definition) is 6. The number of ether oxygens (including phenoxy) is 1. The van der Waals surface area contributed by atoms with Crippen molar-refractivity contribution in [3.05, 3.63) is 29.3 Å². The van der Waals surface area contributed by atoms with Crippen molar-refractivity contribution in [1.82, 2.24) is 0 Å². The minimum absolute atomic E-state index is 0.0883. The Hall–Kier alpha value is -1.19. The third-order valence-corrected chi connectivity index (χ3v) is 18.7. The molecule has 1 heterocycles. The molecule has 0 amide bonds. The molecule has 1 aromatic rings. The molecule has 1 saturated heterocycles. The number of aromatic hydroxyl groups is 1. The molecule has 53 heavy (non-hydrogen) atoms. The molecule has 15 atom stereocenters. The molecule has 1 spiro atoms. The van der Waals surface area contributed by atoms with Crippen molar-refractivity contribution in [2.45, 2.75) is 181 Å². The minimum Gasteiger partial charge on any atom is -0.508 e. The highest BCUT2D eigenvalue weighted by molar-refractivity contribution is 7.80. The number of fused-ring (bicyclic) bond motifs is 9. The molecule has 0 aromatic heterocycles. The second kappa shape index (κ2) is 13.7. The second-order valence-electron chi connectivity index (χ2n) is 20.9. The summed E-state index contributed by atoms with van der Waals surface area (Å²) >= 11 is 0. The van der Waals surface area contributed by atoms with Gasteiger partial charge >= 0.3 is 10.4 Å². The van der Waals surface area contributed by atoms with Gasteiger partial charge in [-0.25, -0.2) is 4.18 Å². The van der Waals surface area contributed by atoms with Crippen LogP contribution in [0.5, 0.6) is 5.75 Å². The average molecular weight is 755 g/mol. The van der Waals surface area contributed by atoms with Crippen molar-refractivity contribution in [2.75, 3.05) is 0 Å². The van der Waals surface area contributed by atoms with Gasteiger partial charge in [0.1, 0.15) is 11.4 Å². The smallest absolute Gasteiger partial charge is 0.397 e. The number of aryl methyl sites for hydroxylation is 1. The molecule has 6 saturated carbocycles. The Balaban J connectivity index is 0.000000170. The predicted molar refractivity (Wildman–Crippen MR) is 208 cm³/mol. The van der Waals surface area contributed by atoms with E-state index in [2.05, 4.69) is 47.6 Å². The summed E-state index contributed by atoms with van der Waals surface area (Å²) in [5.74, 6) is 7.17. The van der Waals surface area contributed by atoms with Crippen LogP contribution in [-0.4, -0.2) is 47.1 Å². The number of benzene rings is 1. The summed E-state index contributed by atoms with van der Waals surface area (Å²) in [6, 6.07) is 5.96. The van der Waals surface area contributed by atoms with Crippen molar-refractivity contribution in [3.8, 4) is 5.75 Å². The molecule has 298 valence electrons. The molecule has 0 unspecified atom stereocenters. The standard InChI is InChI=1S/C27H46O5S.C18H24O2/c1-17(2)7-6-8-18(3)21-9-10-22-20-15-24-27(31-24)16-19(32-33(28,29)30)11-14-26(27,5)23(20)12-13-25(21,22)4;1-18-9-8-14-13-5-3-12(19)10-11(13)2-4-15(14)16(18)6-7-17(18)20/h17-24H,6-16H2,1-5H3,(H,28,29,30);3,5,10,14-17,19-20H,2,4,6-9H2,1H3/t18-,19+,20+,21-,22+,23+,24+,25-,26-,27+;14-,15-,16+,17+,18+/m11/s1. The van der Waals surface area contributed by atoms with Crippen molar-refractivity contribution in [2.24, 2.45) is 63.6 Å². The predicted octanol–water partition coefficient (Wildman–Crippen LogP) is 10.0. The van der Waals surface area contributed by atoms with Crippen molar-refractivity contribution in [1.29, 1.82) is 0 Å². The lowest BCUT2D eigenvalue weighted by molar-refractivity contribution is -0.114. The van der Waals surface area contributed by atoms with Crippen molar-refractivity contribution in [3.63, 3.8) is 0 Å². The van der Waals surface area contributed by atoms with E-state index in [0.29, 0.717) is 41.8 Å². The highest BCUT2D eigenvalue weighted by Gasteiger charge is 2.76. The van der Waals surface area contributed by atoms with Crippen LogP contribution in [0, 0.1) is 63.6 Å². The first-order valence-corrected chi connectivity index (χ1v) is 23.2. The third kappa shape index (κ3) is 6.47. The van der Waals surface area contributed by atoms with Crippen LogP contribution < -0.4 is 0 Å². The largest absolute Gasteiger partial charge is 0.508 e. The average Bonchev–Trinajstić information content (AvgIpc) is 3.53. The molecule has 0 radical (unpaired) electrons. The maximum absolute atomic E-state index is 11.3. The number of aliphatic hydroxyl groups excluding tert-OH is 1. The van der Waals surface area contributed by atoms with Gasteiger partial charge in [-0.3, -0.25) is 4.55 Å². The SMILES string of the molecule is CC(C)CCC[C@@H](C)[C@H]1CC[C@H]2[C@@H]3C[C@@H]4O[C@@]45C[C@@H](OS(=O)(=O)O)CC[C@]5(C)[C@H]3CC[C@]12C.C[C@]12CC[C@@H]3c4ccc(O)cc4CC[C@H]3[C@@H]1CC[C@@H]2O. The van der Waals surface area contributed by atoms with Crippen LogP contribution in [0.15, 0.2) is 18.2 Å². The topological polar surface area (TPSA) is 117 Å². The van der Waals surface area contributed by atoms with Crippen LogP contribution in [0.4, 0.5) is 0 Å². The summed E-state index contributed by atoms with van der Waals surface area (Å²) in [6.45, 7) is 14.6. The summed E-state index contributed by atoms with van der Waals surface area (Å²) < 4.78 is 43.4. The Labute approximate surface area is 320 Å². The van der Waals surface area contributed by atoms with E-state index in [0.717, 1.165) is 67.6 Å². The summed E-state index contributed by atoms with van der Waals surface area (Å²) in [5, 5.41) is 20.0.